The van der Waals surface area contributed by atoms with Crippen molar-refractivity contribution < 1.29 is 4.48 Å². The highest BCUT2D eigenvalue weighted by atomic mass is 15.3. The van der Waals surface area contributed by atoms with Crippen LogP contribution in [0.1, 0.15) is 19.8 Å². The Kier molecular flexibility index (Phi) is 4.17. The Labute approximate surface area is 70.6 Å². The van der Waals surface area contributed by atoms with E-state index in [1.807, 2.05) is 0 Å². The van der Waals surface area contributed by atoms with Gasteiger partial charge in [-0.05, 0) is 18.9 Å². The molecule has 0 saturated heterocycles. The topological polar surface area (TPSA) is 0 Å². The molecule has 0 aliphatic rings. The Morgan fingerprint density at radius 3 is 2.27 bits per heavy atom. The summed E-state index contributed by atoms with van der Waals surface area (Å²) in [6.45, 7) is 6.92. The summed E-state index contributed by atoms with van der Waals surface area (Å²) < 4.78 is 1.05. The van der Waals surface area contributed by atoms with Gasteiger partial charge in [0.25, 0.3) is 0 Å². The summed E-state index contributed by atoms with van der Waals surface area (Å²) in [5, 5.41) is 0. The van der Waals surface area contributed by atoms with Crippen LogP contribution in [0.5, 0.6) is 0 Å². The van der Waals surface area contributed by atoms with Crippen LogP contribution in [0, 0.1) is 0 Å². The van der Waals surface area contributed by atoms with Crippen molar-refractivity contribution in [3.8, 4) is 0 Å². The molecule has 0 N–H and O–H groups in total. The number of quaternary nitrogens is 1. The van der Waals surface area contributed by atoms with Crippen molar-refractivity contribution in [1.29, 1.82) is 0 Å². The number of allylic oxidation sites excluding steroid dienone is 1. The van der Waals surface area contributed by atoms with Gasteiger partial charge < -0.3 is 4.48 Å². The van der Waals surface area contributed by atoms with Crippen molar-refractivity contribution in [3.63, 3.8) is 0 Å². The zero-order valence-electron chi connectivity index (χ0n) is 8.28. The molecule has 64 valence electrons. The monoisotopic (exact) mass is 154 g/mol. The van der Waals surface area contributed by atoms with Crippen molar-refractivity contribution in [3.05, 3.63) is 17.9 Å². The summed E-state index contributed by atoms with van der Waals surface area (Å²) in [5.41, 5.74) is 4.19. The van der Waals surface area contributed by atoms with Gasteiger partial charge >= 0.3 is 0 Å². The van der Waals surface area contributed by atoms with Crippen molar-refractivity contribution in [2.45, 2.75) is 19.8 Å². The third-order valence-electron chi connectivity index (χ3n) is 1.68. The Bertz CT molecular complexity index is 156. The van der Waals surface area contributed by atoms with E-state index in [9.17, 15) is 0 Å². The molecule has 0 spiro atoms. The zero-order chi connectivity index (χ0) is 8.91. The van der Waals surface area contributed by atoms with Crippen LogP contribution in [0.2, 0.25) is 0 Å². The molecule has 0 amide bonds. The highest BCUT2D eigenvalue weighted by Crippen LogP contribution is 2.04. The van der Waals surface area contributed by atoms with E-state index in [-0.39, 0.29) is 0 Å². The van der Waals surface area contributed by atoms with Crippen molar-refractivity contribution in [2.24, 2.45) is 0 Å². The fourth-order valence-electron chi connectivity index (χ4n) is 0.907. The van der Waals surface area contributed by atoms with E-state index < -0.39 is 0 Å². The molecule has 0 heterocycles. The second-order valence-electron chi connectivity index (χ2n) is 4.07. The molecule has 0 aromatic rings. The van der Waals surface area contributed by atoms with E-state index in [1.54, 1.807) is 0 Å². The predicted octanol–water partition coefficient (Wildman–Crippen LogP) is 2.20. The average molecular weight is 154 g/mol. The Hall–Kier alpha value is -0.520. The van der Waals surface area contributed by atoms with Gasteiger partial charge in [0.2, 0.25) is 0 Å². The van der Waals surface area contributed by atoms with Crippen LogP contribution in [-0.2, 0) is 0 Å². The molecule has 0 rings (SSSR count). The van der Waals surface area contributed by atoms with Crippen LogP contribution in [-0.4, -0.2) is 32.2 Å². The normalized spacial score (nSPS) is 10.9. The number of rotatable bonds is 4. The molecule has 0 aromatic carbocycles. The molecular formula is C10H20N+. The minimum Gasteiger partial charge on any atom is -0.331 e. The average Bonchev–Trinajstić information content (AvgIpc) is 1.85. The summed E-state index contributed by atoms with van der Waals surface area (Å²) in [6, 6.07) is 0. The van der Waals surface area contributed by atoms with Crippen molar-refractivity contribution >= 4 is 0 Å². The van der Waals surface area contributed by atoms with Crippen LogP contribution >= 0.6 is 0 Å². The van der Waals surface area contributed by atoms with Gasteiger partial charge in [0.1, 0.15) is 0 Å². The van der Waals surface area contributed by atoms with Crippen LogP contribution in [0.4, 0.5) is 0 Å². The lowest BCUT2D eigenvalue weighted by Crippen LogP contribution is -2.35. The maximum Gasteiger partial charge on any atom is 0.0783 e. The Morgan fingerprint density at radius 2 is 1.91 bits per heavy atom. The van der Waals surface area contributed by atoms with E-state index in [0.29, 0.717) is 0 Å². The van der Waals surface area contributed by atoms with Gasteiger partial charge in [0.15, 0.2) is 0 Å². The summed E-state index contributed by atoms with van der Waals surface area (Å²) >= 11 is 0. The molecule has 1 heteroatoms. The minimum atomic E-state index is 1.05. The Balaban J connectivity index is 3.51. The fraction of sp³-hybridized carbons (Fsp3) is 0.700. The van der Waals surface area contributed by atoms with E-state index in [0.717, 1.165) is 10.9 Å². The van der Waals surface area contributed by atoms with Crippen LogP contribution in [0.25, 0.3) is 0 Å². The lowest BCUT2D eigenvalue weighted by molar-refractivity contribution is -0.870. The summed E-state index contributed by atoms with van der Waals surface area (Å²) in [7, 11) is 6.65. The fourth-order valence-corrected chi connectivity index (χ4v) is 0.907. The van der Waals surface area contributed by atoms with E-state index in [1.165, 1.54) is 18.5 Å². The van der Waals surface area contributed by atoms with Gasteiger partial charge in [-0.25, -0.2) is 0 Å². The van der Waals surface area contributed by atoms with Crippen molar-refractivity contribution in [2.75, 3.05) is 27.7 Å². The number of nitrogens with zero attached hydrogens (tertiary/aromatic N) is 1. The SMILES string of the molecule is C=C=C(C)CCC[N+](C)(C)C. The maximum atomic E-state index is 3.61. The molecule has 0 unspecified atom stereocenters. The summed E-state index contributed by atoms with van der Waals surface area (Å²) in [4.78, 5) is 0. The van der Waals surface area contributed by atoms with Gasteiger partial charge in [-0.2, -0.15) is 0 Å². The predicted molar refractivity (Wildman–Crippen MR) is 50.5 cm³/mol. The first-order valence-corrected chi connectivity index (χ1v) is 4.11. The highest BCUT2D eigenvalue weighted by Gasteiger charge is 2.05. The van der Waals surface area contributed by atoms with Gasteiger partial charge in [-0.1, -0.05) is 6.58 Å². The van der Waals surface area contributed by atoms with Crippen LogP contribution < -0.4 is 0 Å². The van der Waals surface area contributed by atoms with E-state index in [2.05, 4.69) is 40.4 Å². The number of hydrogen-bond donors (Lipinski definition) is 0. The van der Waals surface area contributed by atoms with Gasteiger partial charge in [0.05, 0.1) is 27.7 Å². The van der Waals surface area contributed by atoms with Crippen LogP contribution in [0.3, 0.4) is 0 Å². The first kappa shape index (κ1) is 10.5. The zero-order valence-corrected chi connectivity index (χ0v) is 8.28. The molecule has 0 saturated carbocycles. The third-order valence-corrected chi connectivity index (χ3v) is 1.68. The lowest BCUT2D eigenvalue weighted by atomic mass is 10.2. The second-order valence-corrected chi connectivity index (χ2v) is 4.07. The molecule has 1 nitrogen and oxygen atoms in total. The molecule has 11 heavy (non-hydrogen) atoms. The molecular weight excluding hydrogens is 134 g/mol. The van der Waals surface area contributed by atoms with E-state index >= 15 is 0 Å². The van der Waals surface area contributed by atoms with E-state index in [4.69, 9.17) is 0 Å². The quantitative estimate of drug-likeness (QED) is 0.430. The second kappa shape index (κ2) is 4.38. The first-order valence-electron chi connectivity index (χ1n) is 4.11. The lowest BCUT2D eigenvalue weighted by Gasteiger charge is -2.23. The van der Waals surface area contributed by atoms with Crippen molar-refractivity contribution in [1.82, 2.24) is 0 Å². The molecule has 0 aliphatic carbocycles. The molecule has 0 aromatic heterocycles. The molecule has 0 radical (unpaired) electrons. The summed E-state index contributed by atoms with van der Waals surface area (Å²) in [6.07, 6.45) is 2.37. The molecule has 0 bridgehead atoms. The smallest absolute Gasteiger partial charge is 0.0783 e. The van der Waals surface area contributed by atoms with Crippen LogP contribution in [0.15, 0.2) is 17.9 Å². The largest absolute Gasteiger partial charge is 0.331 e. The van der Waals surface area contributed by atoms with Gasteiger partial charge in [-0.3, -0.25) is 0 Å². The third kappa shape index (κ3) is 7.38. The number of hydrogen-bond acceptors (Lipinski definition) is 0. The van der Waals surface area contributed by atoms with Gasteiger partial charge in [-0.15, -0.1) is 5.73 Å². The Morgan fingerprint density at radius 1 is 1.36 bits per heavy atom. The minimum absolute atomic E-state index is 1.05. The molecule has 0 atom stereocenters. The first-order chi connectivity index (χ1) is 4.95. The maximum absolute atomic E-state index is 3.61. The molecule has 0 aliphatic heterocycles. The standard InChI is InChI=1S/C10H20N/c1-6-10(2)8-7-9-11(3,4)5/h1,7-9H2,2-5H3/q+1. The summed E-state index contributed by atoms with van der Waals surface area (Å²) in [5.74, 6) is 0. The van der Waals surface area contributed by atoms with Gasteiger partial charge in [0, 0.05) is 6.42 Å². The highest BCUT2D eigenvalue weighted by molar-refractivity contribution is 4.93. The molecule has 0 fully saturated rings.